The third-order valence-electron chi connectivity index (χ3n) is 3.76. The van der Waals surface area contributed by atoms with Gasteiger partial charge in [0.2, 0.25) is 0 Å². The molecule has 0 saturated heterocycles. The van der Waals surface area contributed by atoms with Crippen molar-refractivity contribution < 1.29 is 0 Å². The Kier molecular flexibility index (Phi) is 4.13. The van der Waals surface area contributed by atoms with E-state index < -0.39 is 0 Å². The van der Waals surface area contributed by atoms with Gasteiger partial charge in [-0.3, -0.25) is 4.68 Å². The van der Waals surface area contributed by atoms with Gasteiger partial charge in [0, 0.05) is 24.9 Å². The molecule has 2 aromatic rings. The summed E-state index contributed by atoms with van der Waals surface area (Å²) in [7, 11) is 1.99. The Morgan fingerprint density at radius 1 is 1.14 bits per heavy atom. The van der Waals surface area contributed by atoms with E-state index in [1.54, 1.807) is 0 Å². The molecule has 0 aliphatic heterocycles. The van der Waals surface area contributed by atoms with Crippen molar-refractivity contribution >= 4 is 22.8 Å². The highest BCUT2D eigenvalue weighted by Gasteiger charge is 2.32. The Morgan fingerprint density at radius 2 is 1.76 bits per heavy atom. The second-order valence-electron chi connectivity index (χ2n) is 7.73. The number of rotatable bonds is 4. The van der Waals surface area contributed by atoms with Gasteiger partial charge in [-0.15, -0.1) is 11.6 Å². The summed E-state index contributed by atoms with van der Waals surface area (Å²) in [6, 6.07) is 0. The van der Waals surface area contributed by atoms with Crippen molar-refractivity contribution in [3.8, 4) is 0 Å². The van der Waals surface area contributed by atoms with Gasteiger partial charge in [-0.1, -0.05) is 20.8 Å². The van der Waals surface area contributed by atoms with E-state index in [0.29, 0.717) is 5.88 Å². The predicted molar refractivity (Wildman–Crippen MR) is 89.1 cm³/mol. The predicted octanol–water partition coefficient (Wildman–Crippen LogP) is 4.03. The number of halogens is 1. The zero-order valence-electron chi connectivity index (χ0n) is 14.3. The summed E-state index contributed by atoms with van der Waals surface area (Å²) < 4.78 is 4.29. The first-order valence-electron chi connectivity index (χ1n) is 7.54. The first kappa shape index (κ1) is 16.3. The molecule has 0 radical (unpaired) electrons. The molecule has 0 unspecified atom stereocenters. The molecule has 2 heterocycles. The Bertz CT molecular complexity index is 643. The van der Waals surface area contributed by atoms with Crippen molar-refractivity contribution in [1.82, 2.24) is 19.3 Å². The molecular weight excluding hydrogens is 284 g/mol. The van der Waals surface area contributed by atoms with Crippen LogP contribution in [0.5, 0.6) is 0 Å². The maximum atomic E-state index is 5.99. The zero-order valence-corrected chi connectivity index (χ0v) is 15.0. The van der Waals surface area contributed by atoms with Crippen LogP contribution in [-0.2, 0) is 19.0 Å². The first-order valence-corrected chi connectivity index (χ1v) is 8.07. The average Bonchev–Trinajstić information content (AvgIpc) is 2.76. The smallest absolute Gasteiger partial charge is 0.159 e. The van der Waals surface area contributed by atoms with Gasteiger partial charge in [-0.2, -0.15) is 5.10 Å². The highest BCUT2D eigenvalue weighted by molar-refractivity contribution is 6.17. The van der Waals surface area contributed by atoms with Crippen LogP contribution < -0.4 is 0 Å². The lowest BCUT2D eigenvalue weighted by Crippen LogP contribution is -2.33. The van der Waals surface area contributed by atoms with Gasteiger partial charge in [-0.25, -0.2) is 4.98 Å². The number of alkyl halides is 1. The van der Waals surface area contributed by atoms with Crippen molar-refractivity contribution in [2.24, 2.45) is 12.5 Å². The topological polar surface area (TPSA) is 35.6 Å². The summed E-state index contributed by atoms with van der Waals surface area (Å²) in [5.41, 5.74) is 3.29. The van der Waals surface area contributed by atoms with Crippen LogP contribution in [0.3, 0.4) is 0 Å². The zero-order chi connectivity index (χ0) is 16.0. The van der Waals surface area contributed by atoms with Crippen molar-refractivity contribution in [1.29, 1.82) is 0 Å². The first-order chi connectivity index (χ1) is 9.57. The summed E-state index contributed by atoms with van der Waals surface area (Å²) in [5, 5.41) is 4.52. The normalized spacial score (nSPS) is 13.3. The van der Waals surface area contributed by atoms with Crippen molar-refractivity contribution in [3.05, 3.63) is 11.5 Å². The van der Waals surface area contributed by atoms with Gasteiger partial charge in [0.05, 0.1) is 5.69 Å². The van der Waals surface area contributed by atoms with E-state index in [1.165, 1.54) is 0 Å². The van der Waals surface area contributed by atoms with Crippen LogP contribution in [0.15, 0.2) is 0 Å². The van der Waals surface area contributed by atoms with Crippen LogP contribution in [0.25, 0.3) is 11.2 Å². The minimum Gasteiger partial charge on any atom is -0.307 e. The fraction of sp³-hybridized carbons (Fsp3) is 0.750. The lowest BCUT2D eigenvalue weighted by atomic mass is 9.81. The van der Waals surface area contributed by atoms with E-state index in [9.17, 15) is 0 Å². The molecule has 0 aromatic carbocycles. The largest absolute Gasteiger partial charge is 0.307 e. The molecule has 4 nitrogen and oxygen atoms in total. The van der Waals surface area contributed by atoms with Gasteiger partial charge in [-0.05, 0) is 32.6 Å². The van der Waals surface area contributed by atoms with E-state index in [-0.39, 0.29) is 11.0 Å². The Labute approximate surface area is 132 Å². The summed E-state index contributed by atoms with van der Waals surface area (Å²) in [6.07, 6.45) is 1.84. The Morgan fingerprint density at radius 3 is 2.29 bits per heavy atom. The summed E-state index contributed by atoms with van der Waals surface area (Å²) in [5.74, 6) is 1.65. The van der Waals surface area contributed by atoms with E-state index in [4.69, 9.17) is 16.6 Å². The summed E-state index contributed by atoms with van der Waals surface area (Å²) in [6.45, 7) is 13.4. The highest BCUT2D eigenvalue weighted by atomic mass is 35.5. The molecule has 0 amide bonds. The minimum absolute atomic E-state index is 0.0331. The number of aryl methyl sites for hydroxylation is 3. The molecule has 118 valence electrons. The lowest BCUT2D eigenvalue weighted by molar-refractivity contribution is 0.213. The standard InChI is InChI=1S/C16H27ClN4/c1-11-13-14(20(7)19-11)21(12(18-13)8-9-17)16(5,6)10-15(2,3)4/h8-10H2,1-7H3. The van der Waals surface area contributed by atoms with Gasteiger partial charge in [0.15, 0.2) is 5.65 Å². The highest BCUT2D eigenvalue weighted by Crippen LogP contribution is 2.36. The van der Waals surface area contributed by atoms with Crippen molar-refractivity contribution in [2.45, 2.75) is 59.9 Å². The molecule has 0 spiro atoms. The quantitative estimate of drug-likeness (QED) is 0.799. The fourth-order valence-electron chi connectivity index (χ4n) is 3.58. The van der Waals surface area contributed by atoms with Crippen LogP contribution >= 0.6 is 11.6 Å². The third-order valence-corrected chi connectivity index (χ3v) is 3.95. The molecular formula is C16H27ClN4. The fourth-order valence-corrected chi connectivity index (χ4v) is 3.75. The molecule has 21 heavy (non-hydrogen) atoms. The Balaban J connectivity index is 2.67. The van der Waals surface area contributed by atoms with Crippen molar-refractivity contribution in [2.75, 3.05) is 5.88 Å². The van der Waals surface area contributed by atoms with E-state index in [2.05, 4.69) is 44.3 Å². The molecule has 0 atom stereocenters. The molecule has 5 heteroatoms. The summed E-state index contributed by atoms with van der Waals surface area (Å²) in [4.78, 5) is 4.81. The van der Waals surface area contributed by atoms with E-state index >= 15 is 0 Å². The molecule has 0 aliphatic carbocycles. The van der Waals surface area contributed by atoms with E-state index in [1.807, 2.05) is 18.7 Å². The number of imidazole rings is 1. The maximum Gasteiger partial charge on any atom is 0.159 e. The number of nitrogens with zero attached hydrogens (tertiary/aromatic N) is 4. The molecule has 0 fully saturated rings. The number of hydrogen-bond acceptors (Lipinski definition) is 2. The van der Waals surface area contributed by atoms with Gasteiger partial charge >= 0.3 is 0 Å². The average molecular weight is 311 g/mol. The minimum atomic E-state index is -0.0331. The lowest BCUT2D eigenvalue weighted by Gasteiger charge is -2.35. The number of hydrogen-bond donors (Lipinski definition) is 0. The van der Waals surface area contributed by atoms with Crippen LogP contribution in [-0.4, -0.2) is 25.2 Å². The second kappa shape index (κ2) is 5.31. The second-order valence-corrected chi connectivity index (χ2v) is 8.11. The Hall–Kier alpha value is -1.03. The van der Waals surface area contributed by atoms with Gasteiger partial charge in [0.1, 0.15) is 11.3 Å². The van der Waals surface area contributed by atoms with E-state index in [0.717, 1.165) is 35.5 Å². The van der Waals surface area contributed by atoms with Crippen LogP contribution in [0.2, 0.25) is 0 Å². The van der Waals surface area contributed by atoms with Crippen molar-refractivity contribution in [3.63, 3.8) is 0 Å². The third kappa shape index (κ3) is 3.10. The van der Waals surface area contributed by atoms with Gasteiger partial charge in [0.25, 0.3) is 0 Å². The molecule has 0 saturated carbocycles. The summed E-state index contributed by atoms with van der Waals surface area (Å²) >= 11 is 5.99. The SMILES string of the molecule is Cc1nn(C)c2c1nc(CCCl)n2C(C)(C)CC(C)(C)C. The van der Waals surface area contributed by atoms with Crippen LogP contribution in [0.1, 0.15) is 52.6 Å². The molecule has 0 aliphatic rings. The molecule has 0 bridgehead atoms. The van der Waals surface area contributed by atoms with Crippen LogP contribution in [0, 0.1) is 12.3 Å². The maximum absolute atomic E-state index is 5.99. The number of aromatic nitrogens is 4. The number of fused-ring (bicyclic) bond motifs is 1. The molecule has 2 aromatic heterocycles. The monoisotopic (exact) mass is 310 g/mol. The van der Waals surface area contributed by atoms with Gasteiger partial charge < -0.3 is 4.57 Å². The molecule has 0 N–H and O–H groups in total. The van der Waals surface area contributed by atoms with Crippen LogP contribution in [0.4, 0.5) is 0 Å². The molecule has 2 rings (SSSR count).